The van der Waals surface area contributed by atoms with E-state index in [2.05, 4.69) is 37.8 Å². The average molecular weight is 221 g/mol. The molecule has 0 aliphatic carbocycles. The van der Waals surface area contributed by atoms with E-state index >= 15 is 0 Å². The molecule has 0 spiro atoms. The highest BCUT2D eigenvalue weighted by Gasteiger charge is 1.92. The summed E-state index contributed by atoms with van der Waals surface area (Å²) < 4.78 is 0. The average Bonchev–Trinajstić information content (AvgIpc) is 2.33. The zero-order chi connectivity index (χ0) is 13.0. The first-order valence-corrected chi connectivity index (χ1v) is 6.17. The number of hydrogen-bond acceptors (Lipinski definition) is 1. The van der Waals surface area contributed by atoms with Crippen LogP contribution < -0.4 is 5.73 Å². The van der Waals surface area contributed by atoms with Gasteiger partial charge in [-0.05, 0) is 25.3 Å². The molecule has 0 aliphatic rings. The fourth-order valence-electron chi connectivity index (χ4n) is 1.06. The standard InChI is InChI=1S/C11H15N.2C2H6/c1-9-3-6-11(7-4-9)8-5-10(2)12;2*1-2/h3-4,6-7H,2,5,8,12H2,1H3;2*1-2H3. The molecule has 92 valence electrons. The summed E-state index contributed by atoms with van der Waals surface area (Å²) in [5, 5.41) is 0. The van der Waals surface area contributed by atoms with Crippen molar-refractivity contribution in [2.45, 2.75) is 47.5 Å². The Morgan fingerprint density at radius 2 is 1.50 bits per heavy atom. The Hall–Kier alpha value is -1.24. The minimum Gasteiger partial charge on any atom is -0.403 e. The molecule has 16 heavy (non-hydrogen) atoms. The molecule has 1 heteroatoms. The number of aryl methyl sites for hydroxylation is 2. The van der Waals surface area contributed by atoms with Gasteiger partial charge in [0.05, 0.1) is 0 Å². The smallest absolute Gasteiger partial charge is 0.00108 e. The molecule has 0 atom stereocenters. The topological polar surface area (TPSA) is 26.0 Å². The van der Waals surface area contributed by atoms with Crippen LogP contribution in [0.1, 0.15) is 45.2 Å². The lowest BCUT2D eigenvalue weighted by Gasteiger charge is -2.00. The number of allylic oxidation sites excluding steroid dienone is 1. The van der Waals surface area contributed by atoms with Gasteiger partial charge in [-0.15, -0.1) is 0 Å². The molecule has 0 amide bonds. The first kappa shape index (κ1) is 17.2. The lowest BCUT2D eigenvalue weighted by molar-refractivity contribution is 0.931. The van der Waals surface area contributed by atoms with Crippen molar-refractivity contribution < 1.29 is 0 Å². The molecule has 2 N–H and O–H groups in total. The zero-order valence-corrected chi connectivity index (χ0v) is 11.5. The summed E-state index contributed by atoms with van der Waals surface area (Å²) in [7, 11) is 0. The van der Waals surface area contributed by atoms with Crippen LogP contribution in [0.3, 0.4) is 0 Å². The van der Waals surface area contributed by atoms with Crippen molar-refractivity contribution >= 4 is 0 Å². The second-order valence-corrected chi connectivity index (χ2v) is 3.14. The van der Waals surface area contributed by atoms with E-state index in [1.54, 1.807) is 0 Å². The second kappa shape index (κ2) is 11.8. The van der Waals surface area contributed by atoms with Crippen LogP contribution in [0, 0.1) is 6.92 Å². The molecule has 0 saturated carbocycles. The summed E-state index contributed by atoms with van der Waals surface area (Å²) >= 11 is 0. The van der Waals surface area contributed by atoms with Crippen LogP contribution in [0.5, 0.6) is 0 Å². The lowest BCUT2D eigenvalue weighted by Crippen LogP contribution is -1.96. The van der Waals surface area contributed by atoms with Gasteiger partial charge in [-0.25, -0.2) is 0 Å². The highest BCUT2D eigenvalue weighted by Crippen LogP contribution is 2.06. The zero-order valence-electron chi connectivity index (χ0n) is 11.5. The maximum absolute atomic E-state index is 5.48. The molecule has 0 unspecified atom stereocenters. The Morgan fingerprint density at radius 3 is 1.88 bits per heavy atom. The predicted octanol–water partition coefficient (Wildman–Crippen LogP) is 4.45. The van der Waals surface area contributed by atoms with E-state index in [-0.39, 0.29) is 0 Å². The van der Waals surface area contributed by atoms with Crippen LogP contribution >= 0.6 is 0 Å². The van der Waals surface area contributed by atoms with Gasteiger partial charge in [0.15, 0.2) is 0 Å². The third-order valence-corrected chi connectivity index (χ3v) is 1.86. The van der Waals surface area contributed by atoms with Crippen LogP contribution in [0.25, 0.3) is 0 Å². The van der Waals surface area contributed by atoms with Crippen molar-refractivity contribution in [3.63, 3.8) is 0 Å². The largest absolute Gasteiger partial charge is 0.403 e. The number of benzene rings is 1. The Balaban J connectivity index is 0. The van der Waals surface area contributed by atoms with Crippen molar-refractivity contribution in [2.24, 2.45) is 5.73 Å². The molecule has 1 aromatic rings. The van der Waals surface area contributed by atoms with Crippen molar-refractivity contribution in [2.75, 3.05) is 0 Å². The summed E-state index contributed by atoms with van der Waals surface area (Å²) in [6.07, 6.45) is 1.87. The normalized spacial score (nSPS) is 8.06. The summed E-state index contributed by atoms with van der Waals surface area (Å²) in [5.74, 6) is 0. The molecule has 0 heterocycles. The van der Waals surface area contributed by atoms with Crippen LogP contribution in [0.15, 0.2) is 36.5 Å². The van der Waals surface area contributed by atoms with Crippen LogP contribution in [0.4, 0.5) is 0 Å². The molecule has 0 saturated heterocycles. The third kappa shape index (κ3) is 9.32. The van der Waals surface area contributed by atoms with E-state index in [1.165, 1.54) is 11.1 Å². The lowest BCUT2D eigenvalue weighted by atomic mass is 10.1. The van der Waals surface area contributed by atoms with E-state index < -0.39 is 0 Å². The highest BCUT2D eigenvalue weighted by molar-refractivity contribution is 5.21. The van der Waals surface area contributed by atoms with Crippen molar-refractivity contribution in [3.8, 4) is 0 Å². The molecule has 1 aromatic carbocycles. The molecule has 0 radical (unpaired) electrons. The fourth-order valence-corrected chi connectivity index (χ4v) is 1.06. The van der Waals surface area contributed by atoms with Gasteiger partial charge in [0.25, 0.3) is 0 Å². The minimum absolute atomic E-state index is 0.760. The molecule has 1 rings (SSSR count). The SMILES string of the molecule is C=C(N)CCc1ccc(C)cc1.CC.CC. The molecule has 0 aliphatic heterocycles. The van der Waals surface area contributed by atoms with E-state index in [1.807, 2.05) is 27.7 Å². The van der Waals surface area contributed by atoms with E-state index in [4.69, 9.17) is 5.73 Å². The van der Waals surface area contributed by atoms with E-state index in [9.17, 15) is 0 Å². The van der Waals surface area contributed by atoms with E-state index in [0.717, 1.165) is 18.5 Å². The maximum atomic E-state index is 5.48. The Labute approximate surface area is 101 Å². The van der Waals surface area contributed by atoms with Gasteiger partial charge >= 0.3 is 0 Å². The van der Waals surface area contributed by atoms with Gasteiger partial charge in [-0.2, -0.15) is 0 Å². The molecular weight excluding hydrogens is 194 g/mol. The fraction of sp³-hybridized carbons (Fsp3) is 0.467. The van der Waals surface area contributed by atoms with Gasteiger partial charge in [-0.1, -0.05) is 64.1 Å². The van der Waals surface area contributed by atoms with E-state index in [0.29, 0.717) is 0 Å². The second-order valence-electron chi connectivity index (χ2n) is 3.14. The Morgan fingerprint density at radius 1 is 1.06 bits per heavy atom. The Bertz CT molecular complexity index is 259. The monoisotopic (exact) mass is 221 g/mol. The first-order chi connectivity index (χ1) is 7.68. The van der Waals surface area contributed by atoms with Crippen molar-refractivity contribution in [1.82, 2.24) is 0 Å². The molecule has 1 nitrogen and oxygen atoms in total. The minimum atomic E-state index is 0.760. The highest BCUT2D eigenvalue weighted by atomic mass is 14.5. The van der Waals surface area contributed by atoms with Gasteiger partial charge < -0.3 is 5.73 Å². The van der Waals surface area contributed by atoms with Crippen LogP contribution in [0.2, 0.25) is 0 Å². The Kier molecular flexibility index (Phi) is 12.7. The summed E-state index contributed by atoms with van der Waals surface area (Å²) in [6, 6.07) is 8.51. The van der Waals surface area contributed by atoms with Crippen LogP contribution in [-0.2, 0) is 6.42 Å². The van der Waals surface area contributed by atoms with Crippen molar-refractivity contribution in [3.05, 3.63) is 47.7 Å². The summed E-state index contributed by atoms with van der Waals surface area (Å²) in [5.41, 5.74) is 8.86. The third-order valence-electron chi connectivity index (χ3n) is 1.86. The predicted molar refractivity (Wildman–Crippen MR) is 75.5 cm³/mol. The molecule has 0 fully saturated rings. The number of nitrogens with two attached hydrogens (primary N) is 1. The summed E-state index contributed by atoms with van der Waals surface area (Å²) in [6.45, 7) is 13.8. The van der Waals surface area contributed by atoms with Gasteiger partial charge in [0, 0.05) is 5.70 Å². The van der Waals surface area contributed by atoms with Crippen molar-refractivity contribution in [1.29, 1.82) is 0 Å². The van der Waals surface area contributed by atoms with Crippen LogP contribution in [-0.4, -0.2) is 0 Å². The summed E-state index contributed by atoms with van der Waals surface area (Å²) in [4.78, 5) is 0. The maximum Gasteiger partial charge on any atom is 0.00108 e. The van der Waals surface area contributed by atoms with Gasteiger partial charge in [0.1, 0.15) is 0 Å². The first-order valence-electron chi connectivity index (χ1n) is 6.17. The quantitative estimate of drug-likeness (QED) is 0.801. The van der Waals surface area contributed by atoms with Gasteiger partial charge in [-0.3, -0.25) is 0 Å². The van der Waals surface area contributed by atoms with Gasteiger partial charge in [0.2, 0.25) is 0 Å². The number of hydrogen-bond donors (Lipinski definition) is 1. The molecule has 0 aromatic heterocycles. The molecule has 0 bridgehead atoms. The molecular formula is C15H27N. The number of rotatable bonds is 3.